The van der Waals surface area contributed by atoms with Crippen LogP contribution in [0.5, 0.6) is 0 Å². The molecule has 0 fully saturated rings. The molecule has 4 heteroatoms. The van der Waals surface area contributed by atoms with E-state index < -0.39 is 12.9 Å². The average molecular weight is 105 g/mol. The summed E-state index contributed by atoms with van der Waals surface area (Å²) >= 11 is 0. The topological polar surface area (TPSA) is 55.4 Å². The van der Waals surface area contributed by atoms with Crippen molar-refractivity contribution >= 4 is 6.16 Å². The van der Waals surface area contributed by atoms with E-state index >= 15 is 0 Å². The van der Waals surface area contributed by atoms with E-state index in [-0.39, 0.29) is 0 Å². The second-order valence-corrected chi connectivity index (χ2v) is 0.716. The summed E-state index contributed by atoms with van der Waals surface area (Å²) in [4.78, 5) is 9.77. The van der Waals surface area contributed by atoms with Gasteiger partial charge in [0.2, 0.25) is 6.79 Å². The fourth-order valence-electron chi connectivity index (χ4n) is 0.107. The summed E-state index contributed by atoms with van der Waals surface area (Å²) < 4.78 is 7.70. The largest absolute Gasteiger partial charge is 0.510 e. The van der Waals surface area contributed by atoms with Gasteiger partial charge in [0, 0.05) is 0 Å². The number of methoxy groups -OCH3 is 1. The molecule has 4 nitrogen and oxygen atoms in total. The highest BCUT2D eigenvalue weighted by Crippen LogP contribution is 1.76. The van der Waals surface area contributed by atoms with Gasteiger partial charge in [0.25, 0.3) is 0 Å². The Bertz CT molecular complexity index is 60.0. The quantitative estimate of drug-likeness (QED) is 0.352. The van der Waals surface area contributed by atoms with Crippen LogP contribution in [-0.2, 0) is 14.6 Å². The molecular formula is C3H5O4. The standard InChI is InChI=1S/C3H5O4/c1-6-3(5)7-2-4/h2H2,1H3. The molecule has 0 bridgehead atoms. The zero-order chi connectivity index (χ0) is 5.70. The lowest BCUT2D eigenvalue weighted by molar-refractivity contribution is -0.0293. The smallest absolute Gasteiger partial charge is 0.438 e. The van der Waals surface area contributed by atoms with Crippen LogP contribution in [0.4, 0.5) is 4.79 Å². The van der Waals surface area contributed by atoms with Crippen molar-refractivity contribution in [3.63, 3.8) is 0 Å². The molecule has 0 saturated carbocycles. The van der Waals surface area contributed by atoms with Gasteiger partial charge >= 0.3 is 6.16 Å². The molecule has 0 saturated heterocycles. The van der Waals surface area contributed by atoms with E-state index in [1.807, 2.05) is 0 Å². The van der Waals surface area contributed by atoms with E-state index in [0.29, 0.717) is 0 Å². The number of hydrogen-bond donors (Lipinski definition) is 0. The number of rotatable bonds is 1. The first kappa shape index (κ1) is 6.23. The van der Waals surface area contributed by atoms with Crippen molar-refractivity contribution < 1.29 is 19.4 Å². The number of carbonyl (C=O) groups excluding carboxylic acids is 1. The third kappa shape index (κ3) is 3.05. The molecule has 0 aromatic carbocycles. The van der Waals surface area contributed by atoms with Crippen LogP contribution >= 0.6 is 0 Å². The van der Waals surface area contributed by atoms with Crippen molar-refractivity contribution in [3.8, 4) is 0 Å². The van der Waals surface area contributed by atoms with Gasteiger partial charge in [-0.2, -0.15) is 5.11 Å². The number of hydrogen-bond acceptors (Lipinski definition) is 3. The third-order valence-corrected chi connectivity index (χ3v) is 0.343. The normalized spacial score (nSPS) is 7.71. The lowest BCUT2D eigenvalue weighted by Crippen LogP contribution is -2.03. The van der Waals surface area contributed by atoms with Gasteiger partial charge in [0.05, 0.1) is 7.11 Å². The Labute approximate surface area is 40.7 Å². The molecular weight excluding hydrogens is 100 g/mol. The summed E-state index contributed by atoms with van der Waals surface area (Å²) in [5.74, 6) is 0. The van der Waals surface area contributed by atoms with E-state index in [9.17, 15) is 9.90 Å². The predicted molar refractivity (Wildman–Crippen MR) is 19.0 cm³/mol. The van der Waals surface area contributed by atoms with E-state index in [2.05, 4.69) is 9.47 Å². The second-order valence-electron chi connectivity index (χ2n) is 0.716. The maximum atomic E-state index is 9.77. The van der Waals surface area contributed by atoms with Gasteiger partial charge in [-0.05, 0) is 0 Å². The van der Waals surface area contributed by atoms with Crippen molar-refractivity contribution in [3.05, 3.63) is 0 Å². The Morgan fingerprint density at radius 1 is 1.71 bits per heavy atom. The maximum Gasteiger partial charge on any atom is 0.510 e. The van der Waals surface area contributed by atoms with Crippen LogP contribution in [0.3, 0.4) is 0 Å². The molecule has 0 heterocycles. The van der Waals surface area contributed by atoms with Crippen LogP contribution in [0, 0.1) is 0 Å². The average Bonchev–Trinajstić information content (AvgIpc) is 1.68. The molecule has 0 aliphatic heterocycles. The van der Waals surface area contributed by atoms with Crippen molar-refractivity contribution in [2.24, 2.45) is 0 Å². The molecule has 0 aliphatic carbocycles. The van der Waals surface area contributed by atoms with Crippen molar-refractivity contribution in [2.45, 2.75) is 0 Å². The summed E-state index contributed by atoms with van der Waals surface area (Å²) in [6.45, 7) is -0.882. The molecule has 0 rings (SSSR count). The van der Waals surface area contributed by atoms with E-state index in [0.717, 1.165) is 7.11 Å². The minimum absolute atomic E-state index is 0.882. The fourth-order valence-corrected chi connectivity index (χ4v) is 0.107. The predicted octanol–water partition coefficient (Wildman–Crippen LogP) is 0.157. The minimum atomic E-state index is -0.935. The molecule has 0 atom stereocenters. The first-order valence-electron chi connectivity index (χ1n) is 1.60. The number of carbonyl (C=O) groups is 1. The van der Waals surface area contributed by atoms with Crippen LogP contribution in [0.2, 0.25) is 0 Å². The van der Waals surface area contributed by atoms with Gasteiger partial charge in [-0.3, -0.25) is 0 Å². The van der Waals surface area contributed by atoms with Gasteiger partial charge in [-0.25, -0.2) is 4.79 Å². The Balaban J connectivity index is 3.00. The molecule has 0 aromatic rings. The van der Waals surface area contributed by atoms with Gasteiger partial charge in [0.1, 0.15) is 0 Å². The maximum absolute atomic E-state index is 9.77. The summed E-state index contributed by atoms with van der Waals surface area (Å²) in [5, 5.41) is 9.38. The first-order chi connectivity index (χ1) is 3.31. The van der Waals surface area contributed by atoms with Gasteiger partial charge < -0.3 is 9.47 Å². The van der Waals surface area contributed by atoms with E-state index in [4.69, 9.17) is 0 Å². The van der Waals surface area contributed by atoms with Crippen molar-refractivity contribution in [2.75, 3.05) is 13.9 Å². The van der Waals surface area contributed by atoms with Crippen molar-refractivity contribution in [1.82, 2.24) is 0 Å². The van der Waals surface area contributed by atoms with Crippen LogP contribution in [0.25, 0.3) is 0 Å². The lowest BCUT2D eigenvalue weighted by atomic mass is 11.3. The lowest BCUT2D eigenvalue weighted by Gasteiger charge is -1.92. The molecule has 1 radical (unpaired) electrons. The summed E-state index contributed by atoms with van der Waals surface area (Å²) in [5.41, 5.74) is 0. The van der Waals surface area contributed by atoms with E-state index in [1.165, 1.54) is 0 Å². The highest BCUT2D eigenvalue weighted by molar-refractivity contribution is 5.59. The van der Waals surface area contributed by atoms with Gasteiger partial charge in [-0.1, -0.05) is 0 Å². The molecule has 0 aliphatic rings. The Hall–Kier alpha value is -0.770. The monoisotopic (exact) mass is 105 g/mol. The zero-order valence-electron chi connectivity index (χ0n) is 3.84. The number of ether oxygens (including phenoxy) is 2. The molecule has 0 amide bonds. The van der Waals surface area contributed by atoms with Crippen molar-refractivity contribution in [1.29, 1.82) is 0 Å². The molecule has 41 valence electrons. The summed E-state index contributed by atoms with van der Waals surface area (Å²) in [7, 11) is 1.14. The van der Waals surface area contributed by atoms with Crippen LogP contribution in [-0.4, -0.2) is 20.1 Å². The zero-order valence-corrected chi connectivity index (χ0v) is 3.84. The van der Waals surface area contributed by atoms with Gasteiger partial charge in [-0.15, -0.1) is 0 Å². The Morgan fingerprint density at radius 2 is 2.29 bits per heavy atom. The van der Waals surface area contributed by atoms with E-state index in [1.54, 1.807) is 0 Å². The molecule has 0 unspecified atom stereocenters. The first-order valence-corrected chi connectivity index (χ1v) is 1.60. The molecule has 0 aromatic heterocycles. The molecule has 0 spiro atoms. The van der Waals surface area contributed by atoms with Gasteiger partial charge in [0.15, 0.2) is 0 Å². The SMILES string of the molecule is COC(=O)OC[O]. The molecule has 0 N–H and O–H groups in total. The fraction of sp³-hybridized carbons (Fsp3) is 0.667. The Morgan fingerprint density at radius 3 is 2.43 bits per heavy atom. The minimum Gasteiger partial charge on any atom is -0.438 e. The van der Waals surface area contributed by atoms with Crippen LogP contribution in [0.15, 0.2) is 0 Å². The summed E-state index contributed by atoms with van der Waals surface area (Å²) in [6, 6.07) is 0. The van der Waals surface area contributed by atoms with Crippen LogP contribution < -0.4 is 0 Å². The third-order valence-electron chi connectivity index (χ3n) is 0.343. The highest BCUT2D eigenvalue weighted by Gasteiger charge is 1.94. The molecule has 7 heavy (non-hydrogen) atoms. The highest BCUT2D eigenvalue weighted by atomic mass is 16.7. The Kier molecular flexibility index (Phi) is 3.04. The second kappa shape index (κ2) is 3.42. The van der Waals surface area contributed by atoms with Crippen LogP contribution in [0.1, 0.15) is 0 Å². The summed E-state index contributed by atoms with van der Waals surface area (Å²) in [6.07, 6.45) is -0.935.